The SMILES string of the molecule is CCC(Cl)NC.[H-].[H-].[Mg+2]. The minimum atomic E-state index is 0. The normalized spacial score (nSPS) is 12.4. The van der Waals surface area contributed by atoms with Crippen LogP contribution in [-0.4, -0.2) is 35.6 Å². The van der Waals surface area contributed by atoms with Crippen molar-refractivity contribution in [3.63, 3.8) is 0 Å². The minimum Gasteiger partial charge on any atom is -1.00 e. The van der Waals surface area contributed by atoms with E-state index in [1.165, 1.54) is 0 Å². The zero-order valence-corrected chi connectivity index (χ0v) is 7.04. The number of nitrogens with one attached hydrogen (secondary N) is 1. The van der Waals surface area contributed by atoms with Crippen LogP contribution in [0.15, 0.2) is 0 Å². The van der Waals surface area contributed by atoms with Crippen molar-refractivity contribution in [2.75, 3.05) is 7.05 Å². The molecule has 0 aliphatic carbocycles. The summed E-state index contributed by atoms with van der Waals surface area (Å²) >= 11 is 5.54. The molecule has 0 aliphatic rings. The summed E-state index contributed by atoms with van der Waals surface area (Å²) in [5.41, 5.74) is 0.157. The van der Waals surface area contributed by atoms with E-state index in [-0.39, 0.29) is 31.4 Å². The van der Waals surface area contributed by atoms with Gasteiger partial charge in [-0.05, 0) is 13.5 Å². The van der Waals surface area contributed by atoms with Crippen LogP contribution in [0.2, 0.25) is 0 Å². The largest absolute Gasteiger partial charge is 2.00 e. The van der Waals surface area contributed by atoms with E-state index in [4.69, 9.17) is 11.6 Å². The summed E-state index contributed by atoms with van der Waals surface area (Å²) in [5.74, 6) is 0. The Morgan fingerprint density at radius 3 is 2.29 bits per heavy atom. The van der Waals surface area contributed by atoms with Gasteiger partial charge in [0.15, 0.2) is 0 Å². The van der Waals surface area contributed by atoms with Gasteiger partial charge in [0.05, 0.1) is 5.50 Å². The molecule has 0 aromatic heterocycles. The van der Waals surface area contributed by atoms with Crippen molar-refractivity contribution in [3.05, 3.63) is 0 Å². The van der Waals surface area contributed by atoms with Crippen LogP contribution < -0.4 is 5.32 Å². The van der Waals surface area contributed by atoms with Crippen molar-refractivity contribution in [1.82, 2.24) is 5.32 Å². The number of hydrogen-bond donors (Lipinski definition) is 1. The van der Waals surface area contributed by atoms with Crippen LogP contribution in [0, 0.1) is 0 Å². The Morgan fingerprint density at radius 2 is 2.29 bits per heavy atom. The van der Waals surface area contributed by atoms with Crippen molar-refractivity contribution in [3.8, 4) is 0 Å². The Morgan fingerprint density at radius 1 is 1.86 bits per heavy atom. The van der Waals surface area contributed by atoms with Crippen LogP contribution in [0.1, 0.15) is 16.2 Å². The van der Waals surface area contributed by atoms with Gasteiger partial charge < -0.3 is 8.17 Å². The number of alkyl halides is 1. The zero-order chi connectivity index (χ0) is 4.99. The van der Waals surface area contributed by atoms with Crippen LogP contribution in [0.5, 0.6) is 0 Å². The molecule has 0 radical (unpaired) electrons. The summed E-state index contributed by atoms with van der Waals surface area (Å²) in [6, 6.07) is 0. The maximum atomic E-state index is 5.54. The van der Waals surface area contributed by atoms with Crippen LogP contribution in [0.4, 0.5) is 0 Å². The fourth-order valence-corrected chi connectivity index (χ4v) is 0.204. The van der Waals surface area contributed by atoms with Gasteiger partial charge in [-0.15, -0.1) is 11.6 Å². The van der Waals surface area contributed by atoms with Gasteiger partial charge in [0, 0.05) is 0 Å². The van der Waals surface area contributed by atoms with Gasteiger partial charge in [-0.3, -0.25) is 0 Å². The van der Waals surface area contributed by atoms with Gasteiger partial charge in [-0.25, -0.2) is 0 Å². The molecule has 1 N–H and O–H groups in total. The summed E-state index contributed by atoms with van der Waals surface area (Å²) in [6.07, 6.45) is 0.984. The first-order valence-corrected chi connectivity index (χ1v) is 2.56. The second-order valence-electron chi connectivity index (χ2n) is 1.16. The Kier molecular flexibility index (Phi) is 10.9. The maximum Gasteiger partial charge on any atom is 2.00 e. The Labute approximate surface area is 68.9 Å². The fraction of sp³-hybridized carbons (Fsp3) is 1.00. The molecule has 1 atom stereocenters. The second-order valence-corrected chi connectivity index (χ2v) is 1.69. The molecule has 0 aliphatic heterocycles. The molecule has 0 aromatic carbocycles. The molecule has 0 fully saturated rings. The van der Waals surface area contributed by atoms with Crippen molar-refractivity contribution < 1.29 is 2.85 Å². The van der Waals surface area contributed by atoms with E-state index in [0.717, 1.165) is 6.42 Å². The molecule has 0 saturated heterocycles. The first kappa shape index (κ1) is 10.9. The summed E-state index contributed by atoms with van der Waals surface area (Å²) < 4.78 is 0. The van der Waals surface area contributed by atoms with E-state index in [0.29, 0.717) is 0 Å². The zero-order valence-electron chi connectivity index (χ0n) is 6.87. The maximum absolute atomic E-state index is 5.54. The molecule has 7 heavy (non-hydrogen) atoms. The van der Waals surface area contributed by atoms with Gasteiger partial charge in [0.1, 0.15) is 0 Å². The summed E-state index contributed by atoms with van der Waals surface area (Å²) in [7, 11) is 1.85. The molecule has 0 spiro atoms. The molecule has 0 rings (SSSR count). The topological polar surface area (TPSA) is 12.0 Å². The molecule has 0 bridgehead atoms. The fourth-order valence-electron chi connectivity index (χ4n) is 0.204. The van der Waals surface area contributed by atoms with Crippen LogP contribution in [0.3, 0.4) is 0 Å². The van der Waals surface area contributed by atoms with Crippen LogP contribution >= 0.6 is 11.6 Å². The molecule has 3 heteroatoms. The van der Waals surface area contributed by atoms with E-state index in [2.05, 4.69) is 5.32 Å². The van der Waals surface area contributed by atoms with Crippen molar-refractivity contribution in [2.24, 2.45) is 0 Å². The summed E-state index contributed by atoms with van der Waals surface area (Å²) in [4.78, 5) is 0. The smallest absolute Gasteiger partial charge is 1.00 e. The summed E-state index contributed by atoms with van der Waals surface area (Å²) in [5, 5.41) is 2.88. The molecule has 0 aromatic rings. The van der Waals surface area contributed by atoms with Crippen LogP contribution in [-0.2, 0) is 0 Å². The quantitative estimate of drug-likeness (QED) is 0.337. The predicted molar refractivity (Wildman–Crippen MR) is 37.0 cm³/mol. The Hall–Kier alpha value is 1.02. The van der Waals surface area contributed by atoms with Gasteiger partial charge >= 0.3 is 23.1 Å². The molecule has 1 unspecified atom stereocenters. The predicted octanol–water partition coefficient (Wildman–Crippen LogP) is 1.02. The summed E-state index contributed by atoms with van der Waals surface area (Å²) in [6.45, 7) is 2.04. The molecule has 0 heterocycles. The third-order valence-corrected chi connectivity index (χ3v) is 1.20. The van der Waals surface area contributed by atoms with E-state index in [1.807, 2.05) is 14.0 Å². The van der Waals surface area contributed by atoms with E-state index >= 15 is 0 Å². The molecule has 0 amide bonds. The van der Waals surface area contributed by atoms with Crippen molar-refractivity contribution in [2.45, 2.75) is 18.8 Å². The first-order chi connectivity index (χ1) is 2.81. The van der Waals surface area contributed by atoms with Gasteiger partial charge in [-0.1, -0.05) is 6.92 Å². The van der Waals surface area contributed by atoms with Crippen LogP contribution in [0.25, 0.3) is 0 Å². The molecule has 1 nitrogen and oxygen atoms in total. The van der Waals surface area contributed by atoms with Gasteiger partial charge in [-0.2, -0.15) is 0 Å². The van der Waals surface area contributed by atoms with Gasteiger partial charge in [0.2, 0.25) is 0 Å². The number of hydrogen-bond acceptors (Lipinski definition) is 1. The standard InChI is InChI=1S/C4H10ClN.Mg.2H/c1-3-4(5)6-2;;;/h4,6H,3H2,1-2H3;;;/q;+2;2*-1. The molecular weight excluding hydrogens is 122 g/mol. The van der Waals surface area contributed by atoms with Gasteiger partial charge in [0.25, 0.3) is 0 Å². The van der Waals surface area contributed by atoms with E-state index < -0.39 is 0 Å². The van der Waals surface area contributed by atoms with Crippen molar-refractivity contribution in [1.29, 1.82) is 0 Å². The van der Waals surface area contributed by atoms with E-state index in [9.17, 15) is 0 Å². The Balaban J connectivity index is -0.0000000417. The monoisotopic (exact) mass is 133 g/mol. The number of halogens is 1. The average molecular weight is 134 g/mol. The third kappa shape index (κ3) is 7.02. The third-order valence-electron chi connectivity index (χ3n) is 0.672. The van der Waals surface area contributed by atoms with E-state index in [1.54, 1.807) is 0 Å². The second kappa shape index (κ2) is 7.02. The Bertz CT molecular complexity index is 37.7. The minimum absolute atomic E-state index is 0. The molecular formula is C4H12ClMgN. The number of rotatable bonds is 2. The first-order valence-electron chi connectivity index (χ1n) is 2.12. The molecule has 42 valence electrons. The van der Waals surface area contributed by atoms with Crippen molar-refractivity contribution >= 4 is 34.7 Å². The average Bonchev–Trinajstić information content (AvgIpc) is 1.65. The molecule has 0 saturated carbocycles.